The molecule has 1 aliphatic rings. The molecule has 1 aliphatic carbocycles. The maximum absolute atomic E-state index is 6.45. The van der Waals surface area contributed by atoms with Gasteiger partial charge in [-0.3, -0.25) is 4.98 Å². The van der Waals surface area contributed by atoms with Crippen molar-refractivity contribution in [1.29, 1.82) is 0 Å². The number of nitrogens with zero attached hydrogens (tertiary/aromatic N) is 1. The third-order valence-electron chi connectivity index (χ3n) is 3.60. The van der Waals surface area contributed by atoms with Crippen LogP contribution in [-0.2, 0) is 12.8 Å². The maximum atomic E-state index is 6.45. The Hall–Kier alpha value is -0.710. The van der Waals surface area contributed by atoms with Crippen LogP contribution in [-0.4, -0.2) is 4.98 Å². The highest BCUT2D eigenvalue weighted by atomic mass is 79.9. The molecule has 0 radical (unpaired) electrons. The van der Waals surface area contributed by atoms with Crippen molar-refractivity contribution in [3.63, 3.8) is 0 Å². The Morgan fingerprint density at radius 1 is 1.16 bits per heavy atom. The Labute approximate surface area is 129 Å². The average molecular weight is 382 g/mol. The van der Waals surface area contributed by atoms with Crippen molar-refractivity contribution in [3.05, 3.63) is 61.3 Å². The number of halogens is 2. The third kappa shape index (κ3) is 2.37. The van der Waals surface area contributed by atoms with E-state index in [1.165, 1.54) is 22.3 Å². The fourth-order valence-electron chi connectivity index (χ4n) is 2.76. The lowest BCUT2D eigenvalue weighted by atomic mass is 9.97. The van der Waals surface area contributed by atoms with Crippen molar-refractivity contribution in [2.75, 3.05) is 0 Å². The lowest BCUT2D eigenvalue weighted by Gasteiger charge is -2.17. The van der Waals surface area contributed by atoms with Gasteiger partial charge in [0.15, 0.2) is 0 Å². The molecule has 1 unspecified atom stereocenters. The van der Waals surface area contributed by atoms with E-state index >= 15 is 0 Å². The zero-order valence-corrected chi connectivity index (χ0v) is 13.8. The molecule has 98 valence electrons. The van der Waals surface area contributed by atoms with Gasteiger partial charge in [0, 0.05) is 15.1 Å². The van der Waals surface area contributed by atoms with Gasteiger partial charge in [-0.1, -0.05) is 22.0 Å². The minimum absolute atomic E-state index is 0.157. The molecule has 1 aromatic heterocycles. The molecule has 1 aromatic carbocycles. The Morgan fingerprint density at radius 3 is 2.68 bits per heavy atom. The molecule has 0 aliphatic heterocycles. The van der Waals surface area contributed by atoms with Gasteiger partial charge in [0.25, 0.3) is 0 Å². The van der Waals surface area contributed by atoms with E-state index in [0.29, 0.717) is 0 Å². The van der Waals surface area contributed by atoms with Gasteiger partial charge < -0.3 is 5.73 Å². The zero-order chi connectivity index (χ0) is 13.6. The number of pyridine rings is 1. The van der Waals surface area contributed by atoms with Crippen molar-refractivity contribution < 1.29 is 0 Å². The molecule has 0 saturated carbocycles. The summed E-state index contributed by atoms with van der Waals surface area (Å²) in [6.07, 6.45) is 3.82. The van der Waals surface area contributed by atoms with Crippen molar-refractivity contribution in [3.8, 4) is 0 Å². The predicted molar refractivity (Wildman–Crippen MR) is 84.3 cm³/mol. The van der Waals surface area contributed by atoms with Crippen LogP contribution in [0.4, 0.5) is 0 Å². The molecule has 19 heavy (non-hydrogen) atoms. The molecule has 2 aromatic rings. The number of benzene rings is 1. The van der Waals surface area contributed by atoms with Gasteiger partial charge in [-0.05, 0) is 70.1 Å². The third-order valence-corrected chi connectivity index (χ3v) is 4.69. The SMILES string of the molecule is Cc1cc(Br)c2c(c1)CCc1cc(Br)cnc1C2N. The lowest BCUT2D eigenvalue weighted by Crippen LogP contribution is -2.16. The lowest BCUT2D eigenvalue weighted by molar-refractivity contribution is 0.814. The van der Waals surface area contributed by atoms with Gasteiger partial charge in [0.2, 0.25) is 0 Å². The second-order valence-corrected chi connectivity index (χ2v) is 6.77. The molecule has 0 spiro atoms. The topological polar surface area (TPSA) is 38.9 Å². The molecular formula is C15H14Br2N2. The summed E-state index contributed by atoms with van der Waals surface area (Å²) in [5.74, 6) is 0. The summed E-state index contributed by atoms with van der Waals surface area (Å²) in [6.45, 7) is 2.11. The average Bonchev–Trinajstić information content (AvgIpc) is 2.47. The first kappa shape index (κ1) is 13.3. The minimum atomic E-state index is -0.157. The van der Waals surface area contributed by atoms with E-state index < -0.39 is 0 Å². The second-order valence-electron chi connectivity index (χ2n) is 5.00. The summed E-state index contributed by atoms with van der Waals surface area (Å²) in [5, 5.41) is 0. The molecule has 1 atom stereocenters. The molecule has 1 heterocycles. The molecular weight excluding hydrogens is 368 g/mol. The number of fused-ring (bicyclic) bond motifs is 2. The molecule has 0 bridgehead atoms. The van der Waals surface area contributed by atoms with Crippen LogP contribution >= 0.6 is 31.9 Å². The van der Waals surface area contributed by atoms with Crippen molar-refractivity contribution >= 4 is 31.9 Å². The van der Waals surface area contributed by atoms with Crippen LogP contribution in [0.5, 0.6) is 0 Å². The zero-order valence-electron chi connectivity index (χ0n) is 10.6. The first-order valence-electron chi connectivity index (χ1n) is 6.25. The summed E-state index contributed by atoms with van der Waals surface area (Å²) in [5.41, 5.74) is 12.5. The first-order valence-corrected chi connectivity index (χ1v) is 7.83. The van der Waals surface area contributed by atoms with E-state index in [2.05, 4.69) is 62.0 Å². The predicted octanol–water partition coefficient (Wildman–Crippen LogP) is 4.06. The summed E-state index contributed by atoms with van der Waals surface area (Å²) in [7, 11) is 0. The van der Waals surface area contributed by atoms with Crippen LogP contribution in [0, 0.1) is 6.92 Å². The van der Waals surface area contributed by atoms with Crippen LogP contribution in [0.1, 0.15) is 34.0 Å². The minimum Gasteiger partial charge on any atom is -0.319 e. The van der Waals surface area contributed by atoms with Crippen molar-refractivity contribution in [2.24, 2.45) is 5.73 Å². The molecule has 3 rings (SSSR count). The largest absolute Gasteiger partial charge is 0.319 e. The van der Waals surface area contributed by atoms with Crippen molar-refractivity contribution in [2.45, 2.75) is 25.8 Å². The van der Waals surface area contributed by atoms with Gasteiger partial charge in [0.1, 0.15) is 0 Å². The molecule has 4 heteroatoms. The van der Waals surface area contributed by atoms with Crippen LogP contribution < -0.4 is 5.73 Å². The van der Waals surface area contributed by atoms with Gasteiger partial charge in [0.05, 0.1) is 11.7 Å². The molecule has 0 fully saturated rings. The second kappa shape index (κ2) is 5.00. The van der Waals surface area contributed by atoms with Crippen LogP contribution in [0.3, 0.4) is 0 Å². The highest BCUT2D eigenvalue weighted by Gasteiger charge is 2.24. The Kier molecular flexibility index (Phi) is 3.50. The summed E-state index contributed by atoms with van der Waals surface area (Å²) in [6, 6.07) is 6.34. The number of aryl methyl sites for hydroxylation is 3. The quantitative estimate of drug-likeness (QED) is 0.747. The van der Waals surface area contributed by atoms with E-state index in [-0.39, 0.29) is 6.04 Å². The number of aromatic nitrogens is 1. The normalized spacial score (nSPS) is 17.6. The molecule has 2 N–H and O–H groups in total. The van der Waals surface area contributed by atoms with Gasteiger partial charge in [-0.15, -0.1) is 0 Å². The van der Waals surface area contributed by atoms with E-state index in [4.69, 9.17) is 5.73 Å². The monoisotopic (exact) mass is 380 g/mol. The van der Waals surface area contributed by atoms with E-state index in [1.807, 2.05) is 6.20 Å². The maximum Gasteiger partial charge on any atom is 0.0742 e. The smallest absolute Gasteiger partial charge is 0.0742 e. The molecule has 0 amide bonds. The van der Waals surface area contributed by atoms with Crippen LogP contribution in [0.15, 0.2) is 33.3 Å². The fraction of sp³-hybridized carbons (Fsp3) is 0.267. The van der Waals surface area contributed by atoms with E-state index in [0.717, 1.165) is 27.5 Å². The Morgan fingerprint density at radius 2 is 1.89 bits per heavy atom. The highest BCUT2D eigenvalue weighted by molar-refractivity contribution is 9.10. The van der Waals surface area contributed by atoms with E-state index in [9.17, 15) is 0 Å². The summed E-state index contributed by atoms with van der Waals surface area (Å²) < 4.78 is 2.10. The fourth-order valence-corrected chi connectivity index (χ4v) is 4.00. The van der Waals surface area contributed by atoms with Gasteiger partial charge in [-0.2, -0.15) is 0 Å². The molecule has 0 saturated heterocycles. The number of hydrogen-bond acceptors (Lipinski definition) is 2. The summed E-state index contributed by atoms with van der Waals surface area (Å²) in [4.78, 5) is 4.53. The standard InChI is InChI=1S/C15H14Br2N2/c1-8-4-9-2-3-10-6-11(16)7-19-15(10)14(18)13(9)12(17)5-8/h4-7,14H,2-3,18H2,1H3. The van der Waals surface area contributed by atoms with Gasteiger partial charge >= 0.3 is 0 Å². The van der Waals surface area contributed by atoms with E-state index in [1.54, 1.807) is 0 Å². The first-order chi connectivity index (χ1) is 9.06. The van der Waals surface area contributed by atoms with Gasteiger partial charge in [-0.25, -0.2) is 0 Å². The number of hydrogen-bond donors (Lipinski definition) is 1. The molecule has 2 nitrogen and oxygen atoms in total. The Bertz CT molecular complexity index is 653. The Balaban J connectivity index is 2.20. The van der Waals surface area contributed by atoms with Crippen molar-refractivity contribution in [1.82, 2.24) is 4.98 Å². The summed E-state index contributed by atoms with van der Waals surface area (Å²) >= 11 is 7.14. The number of nitrogens with two attached hydrogens (primary N) is 1. The van der Waals surface area contributed by atoms with Crippen LogP contribution in [0.25, 0.3) is 0 Å². The number of rotatable bonds is 0. The van der Waals surface area contributed by atoms with Crippen LogP contribution in [0.2, 0.25) is 0 Å². The highest BCUT2D eigenvalue weighted by Crippen LogP contribution is 2.35.